The third kappa shape index (κ3) is 3.60. The molecule has 1 heterocycles. The molecule has 6 heteroatoms. The second-order valence-electron chi connectivity index (χ2n) is 7.37. The lowest BCUT2D eigenvalue weighted by Gasteiger charge is -2.09. The summed E-state index contributed by atoms with van der Waals surface area (Å²) in [6.45, 7) is 2.06. The van der Waals surface area contributed by atoms with E-state index in [0.717, 1.165) is 37.7 Å². The third-order valence-corrected chi connectivity index (χ3v) is 6.56. The van der Waals surface area contributed by atoms with Crippen LogP contribution in [-0.4, -0.2) is 11.8 Å². The summed E-state index contributed by atoms with van der Waals surface area (Å²) < 4.78 is 0. The van der Waals surface area contributed by atoms with Crippen LogP contribution in [0.4, 0.5) is 10.7 Å². The van der Waals surface area contributed by atoms with Crippen molar-refractivity contribution in [3.05, 3.63) is 45.8 Å². The minimum absolute atomic E-state index is 0.0118. The number of aryl methyl sites for hydroxylation is 1. The van der Waals surface area contributed by atoms with Gasteiger partial charge in [0.15, 0.2) is 0 Å². The Bertz CT molecular complexity index is 957. The maximum atomic E-state index is 12.7. The van der Waals surface area contributed by atoms with Gasteiger partial charge in [-0.1, -0.05) is 13.0 Å². The minimum Gasteiger partial charge on any atom is -0.326 e. The summed E-state index contributed by atoms with van der Waals surface area (Å²) in [6, 6.07) is 9.19. The van der Waals surface area contributed by atoms with Gasteiger partial charge in [0, 0.05) is 22.0 Å². The van der Waals surface area contributed by atoms with Gasteiger partial charge in [0.1, 0.15) is 11.1 Å². The Morgan fingerprint density at radius 1 is 1.22 bits per heavy atom. The summed E-state index contributed by atoms with van der Waals surface area (Å²) >= 11 is 1.51. The van der Waals surface area contributed by atoms with E-state index in [2.05, 4.69) is 23.6 Å². The lowest BCUT2D eigenvalue weighted by molar-refractivity contribution is -0.117. The molecule has 1 aromatic carbocycles. The number of thiophene rings is 1. The summed E-state index contributed by atoms with van der Waals surface area (Å²) in [5.41, 5.74) is 2.79. The molecular weight excluding hydrogens is 358 g/mol. The van der Waals surface area contributed by atoms with E-state index in [1.54, 1.807) is 24.3 Å². The maximum Gasteiger partial charge on any atom is 0.256 e. The number of anilines is 2. The molecule has 2 N–H and O–H groups in total. The molecular formula is C21H21N3O2S. The number of nitrogens with one attached hydrogen (secondary N) is 2. The molecule has 4 rings (SSSR count). The number of hydrogen-bond acceptors (Lipinski definition) is 4. The second-order valence-corrected chi connectivity index (χ2v) is 8.48. The fourth-order valence-electron chi connectivity index (χ4n) is 3.61. The quantitative estimate of drug-likeness (QED) is 0.829. The number of amides is 2. The summed E-state index contributed by atoms with van der Waals surface area (Å²) in [7, 11) is 0. The van der Waals surface area contributed by atoms with Crippen molar-refractivity contribution in [1.82, 2.24) is 0 Å². The molecule has 1 fully saturated rings. The van der Waals surface area contributed by atoms with Crippen molar-refractivity contribution in [2.75, 3.05) is 10.6 Å². The van der Waals surface area contributed by atoms with Crippen molar-refractivity contribution in [2.24, 2.45) is 11.8 Å². The van der Waals surface area contributed by atoms with Crippen LogP contribution in [0.25, 0.3) is 0 Å². The van der Waals surface area contributed by atoms with Gasteiger partial charge < -0.3 is 10.6 Å². The highest BCUT2D eigenvalue weighted by Crippen LogP contribution is 2.39. The number of fused-ring (bicyclic) bond motifs is 1. The zero-order chi connectivity index (χ0) is 19.0. The largest absolute Gasteiger partial charge is 0.326 e. The van der Waals surface area contributed by atoms with Gasteiger partial charge in [0.2, 0.25) is 5.91 Å². The Kier molecular flexibility index (Phi) is 4.71. The van der Waals surface area contributed by atoms with Crippen LogP contribution >= 0.6 is 11.3 Å². The molecule has 1 aromatic heterocycles. The molecule has 0 saturated heterocycles. The normalized spacial score (nSPS) is 20.3. The first kappa shape index (κ1) is 17.7. The molecule has 27 heavy (non-hydrogen) atoms. The zero-order valence-corrected chi connectivity index (χ0v) is 16.0. The molecule has 1 saturated carbocycles. The highest BCUT2D eigenvalue weighted by molar-refractivity contribution is 7.16. The van der Waals surface area contributed by atoms with Crippen molar-refractivity contribution in [1.29, 1.82) is 5.26 Å². The van der Waals surface area contributed by atoms with Gasteiger partial charge in [-0.05, 0) is 61.8 Å². The van der Waals surface area contributed by atoms with Crippen LogP contribution in [0.2, 0.25) is 0 Å². The van der Waals surface area contributed by atoms with E-state index in [0.29, 0.717) is 27.7 Å². The molecule has 2 aliphatic rings. The maximum absolute atomic E-state index is 12.7. The minimum atomic E-state index is -0.263. The highest BCUT2D eigenvalue weighted by atomic mass is 32.1. The number of carbonyl (C=O) groups is 2. The van der Waals surface area contributed by atoms with Gasteiger partial charge in [-0.2, -0.15) is 5.26 Å². The summed E-state index contributed by atoms with van der Waals surface area (Å²) in [5.74, 6) is 0.266. The predicted octanol–water partition coefficient (Wildman–Crippen LogP) is 4.35. The molecule has 0 unspecified atom stereocenters. The average Bonchev–Trinajstić information content (AvgIpc) is 3.30. The van der Waals surface area contributed by atoms with Crippen molar-refractivity contribution in [2.45, 2.75) is 39.0 Å². The zero-order valence-electron chi connectivity index (χ0n) is 15.2. The number of nitrogens with zero attached hydrogens (tertiary/aromatic N) is 1. The molecule has 0 radical (unpaired) electrons. The molecule has 5 nitrogen and oxygen atoms in total. The van der Waals surface area contributed by atoms with E-state index in [1.807, 2.05) is 0 Å². The first-order valence-corrected chi connectivity index (χ1v) is 10.2. The summed E-state index contributed by atoms with van der Waals surface area (Å²) in [6.07, 6.45) is 5.03. The first-order valence-electron chi connectivity index (χ1n) is 9.33. The standard InChI is InChI=1S/C21H21N3O2S/c1-12-9-16(12)20(26)23-14-6-4-5-13(10-14)19(25)24-21-17(11-22)15-7-2-3-8-18(15)27-21/h4-6,10,12,16H,2-3,7-9H2,1H3,(H,23,26)(H,24,25)/t12-,16-/m0/s1. The van der Waals surface area contributed by atoms with E-state index in [4.69, 9.17) is 0 Å². The molecule has 2 amide bonds. The molecule has 0 bridgehead atoms. The number of rotatable bonds is 4. The van der Waals surface area contributed by atoms with Crippen molar-refractivity contribution in [3.63, 3.8) is 0 Å². The van der Waals surface area contributed by atoms with E-state index >= 15 is 0 Å². The van der Waals surface area contributed by atoms with Crippen LogP contribution in [0.3, 0.4) is 0 Å². The molecule has 138 valence electrons. The highest BCUT2D eigenvalue weighted by Gasteiger charge is 2.39. The van der Waals surface area contributed by atoms with Gasteiger partial charge >= 0.3 is 0 Å². The molecule has 0 aliphatic heterocycles. The number of hydrogen-bond donors (Lipinski definition) is 2. The lowest BCUT2D eigenvalue weighted by Crippen LogP contribution is -2.16. The summed E-state index contributed by atoms with van der Waals surface area (Å²) in [4.78, 5) is 26.0. The van der Waals surface area contributed by atoms with E-state index < -0.39 is 0 Å². The van der Waals surface area contributed by atoms with Gasteiger partial charge in [0.25, 0.3) is 5.91 Å². The van der Waals surface area contributed by atoms with E-state index in [-0.39, 0.29) is 17.7 Å². The van der Waals surface area contributed by atoms with Crippen LogP contribution in [0.15, 0.2) is 24.3 Å². The lowest BCUT2D eigenvalue weighted by atomic mass is 9.96. The van der Waals surface area contributed by atoms with Crippen LogP contribution in [0.5, 0.6) is 0 Å². The Balaban J connectivity index is 1.50. The van der Waals surface area contributed by atoms with Gasteiger partial charge in [0.05, 0.1) is 5.56 Å². The third-order valence-electron chi connectivity index (χ3n) is 5.35. The number of nitriles is 1. The smallest absolute Gasteiger partial charge is 0.256 e. The van der Waals surface area contributed by atoms with E-state index in [1.165, 1.54) is 16.2 Å². The summed E-state index contributed by atoms with van der Waals surface area (Å²) in [5, 5.41) is 16.0. The SMILES string of the molecule is C[C@H]1C[C@@H]1C(=O)Nc1cccc(C(=O)Nc2sc3c(c2C#N)CCCC3)c1. The van der Waals surface area contributed by atoms with Gasteiger partial charge in [-0.25, -0.2) is 0 Å². The van der Waals surface area contributed by atoms with E-state index in [9.17, 15) is 14.9 Å². The van der Waals surface area contributed by atoms with Crippen LogP contribution in [-0.2, 0) is 17.6 Å². The van der Waals surface area contributed by atoms with Crippen molar-refractivity contribution < 1.29 is 9.59 Å². The Labute approximate surface area is 162 Å². The monoisotopic (exact) mass is 379 g/mol. The fourth-order valence-corrected chi connectivity index (χ4v) is 4.84. The second kappa shape index (κ2) is 7.16. The molecule has 2 atom stereocenters. The molecule has 2 aliphatic carbocycles. The van der Waals surface area contributed by atoms with Gasteiger partial charge in [-0.3, -0.25) is 9.59 Å². The number of carbonyl (C=O) groups excluding carboxylic acids is 2. The Morgan fingerprint density at radius 3 is 2.74 bits per heavy atom. The van der Waals surface area contributed by atoms with Crippen molar-refractivity contribution >= 4 is 33.8 Å². The Hall–Kier alpha value is -2.65. The molecule has 0 spiro atoms. The molecule has 2 aromatic rings. The average molecular weight is 379 g/mol. The van der Waals surface area contributed by atoms with Crippen LogP contribution in [0, 0.1) is 23.2 Å². The van der Waals surface area contributed by atoms with Crippen LogP contribution < -0.4 is 10.6 Å². The topological polar surface area (TPSA) is 82.0 Å². The Morgan fingerprint density at radius 2 is 2.00 bits per heavy atom. The van der Waals surface area contributed by atoms with Gasteiger partial charge in [-0.15, -0.1) is 11.3 Å². The number of benzene rings is 1. The fraction of sp³-hybridized carbons (Fsp3) is 0.381. The van der Waals surface area contributed by atoms with Crippen molar-refractivity contribution in [3.8, 4) is 6.07 Å². The predicted molar refractivity (Wildman–Crippen MR) is 106 cm³/mol. The first-order chi connectivity index (χ1) is 13.1. The van der Waals surface area contributed by atoms with Crippen LogP contribution in [0.1, 0.15) is 52.5 Å².